The van der Waals surface area contributed by atoms with Gasteiger partial charge in [0.25, 0.3) is 0 Å². The van der Waals surface area contributed by atoms with Crippen LogP contribution in [0.1, 0.15) is 12.5 Å². The van der Waals surface area contributed by atoms with Crippen molar-refractivity contribution in [2.24, 2.45) is 9.98 Å². The number of aliphatic imine (C=N–C) groups is 2. The van der Waals surface area contributed by atoms with Crippen LogP contribution in [0, 0.1) is 0 Å². The van der Waals surface area contributed by atoms with E-state index in [9.17, 15) is 0 Å². The minimum atomic E-state index is 0.00269. The summed E-state index contributed by atoms with van der Waals surface area (Å²) >= 11 is 0. The third-order valence-corrected chi connectivity index (χ3v) is 1.84. The zero-order chi connectivity index (χ0) is 11.1. The van der Waals surface area contributed by atoms with E-state index in [-0.39, 0.29) is 6.61 Å². The molecule has 0 saturated carbocycles. The Balaban J connectivity index is 2.95. The van der Waals surface area contributed by atoms with Crippen LogP contribution in [0.15, 0.2) is 52.1 Å². The summed E-state index contributed by atoms with van der Waals surface area (Å²) in [7, 11) is 0. The van der Waals surface area contributed by atoms with Gasteiger partial charge in [-0.05, 0) is 19.2 Å². The van der Waals surface area contributed by atoms with Gasteiger partial charge < -0.3 is 5.11 Å². The van der Waals surface area contributed by atoms with E-state index < -0.39 is 0 Å². The normalized spacial score (nSPS) is 12.7. The maximum Gasteiger partial charge on any atom is 0.158 e. The Morgan fingerprint density at radius 3 is 2.60 bits per heavy atom. The van der Waals surface area contributed by atoms with Gasteiger partial charge in [-0.1, -0.05) is 30.3 Å². The minimum absolute atomic E-state index is 0.00269. The van der Waals surface area contributed by atoms with Crippen LogP contribution in [0.3, 0.4) is 0 Å². The molecule has 0 heterocycles. The maximum atomic E-state index is 8.81. The van der Waals surface area contributed by atoms with Crippen LogP contribution in [0.4, 0.5) is 0 Å². The van der Waals surface area contributed by atoms with Crippen molar-refractivity contribution in [2.45, 2.75) is 6.92 Å². The summed E-state index contributed by atoms with van der Waals surface area (Å²) in [6, 6.07) is 9.58. The molecule has 1 N–H and O–H groups in total. The van der Waals surface area contributed by atoms with Crippen LogP contribution < -0.4 is 0 Å². The zero-order valence-corrected chi connectivity index (χ0v) is 8.72. The molecule has 0 fully saturated rings. The first-order valence-corrected chi connectivity index (χ1v) is 4.64. The number of aliphatic hydroxyl groups is 1. The van der Waals surface area contributed by atoms with Gasteiger partial charge in [-0.15, -0.1) is 0 Å². The second-order valence-electron chi connectivity index (χ2n) is 3.11. The molecule has 0 unspecified atom stereocenters. The van der Waals surface area contributed by atoms with Crippen LogP contribution in [0.25, 0.3) is 0 Å². The lowest BCUT2D eigenvalue weighted by Gasteiger charge is -1.98. The van der Waals surface area contributed by atoms with Crippen LogP contribution in [0.2, 0.25) is 0 Å². The van der Waals surface area contributed by atoms with Crippen LogP contribution >= 0.6 is 0 Å². The molecule has 3 heteroatoms. The third-order valence-electron chi connectivity index (χ3n) is 1.84. The molecule has 0 spiro atoms. The SMILES string of the molecule is C=N/C(=N\C=C(/C)CO)c1ccccc1. The van der Waals surface area contributed by atoms with E-state index in [1.165, 1.54) is 0 Å². The molecule has 0 aliphatic rings. The van der Waals surface area contributed by atoms with Gasteiger partial charge in [-0.3, -0.25) is 0 Å². The molecule has 0 aliphatic carbocycles. The lowest BCUT2D eigenvalue weighted by Crippen LogP contribution is -1.95. The molecule has 3 nitrogen and oxygen atoms in total. The Morgan fingerprint density at radius 1 is 1.40 bits per heavy atom. The van der Waals surface area contributed by atoms with Gasteiger partial charge in [0.15, 0.2) is 5.84 Å². The second kappa shape index (κ2) is 5.88. The van der Waals surface area contributed by atoms with Crippen molar-refractivity contribution in [2.75, 3.05) is 6.61 Å². The molecular formula is C12H14N2O. The summed E-state index contributed by atoms with van der Waals surface area (Å²) < 4.78 is 0. The van der Waals surface area contributed by atoms with E-state index in [2.05, 4.69) is 16.7 Å². The smallest absolute Gasteiger partial charge is 0.158 e. The predicted molar refractivity (Wildman–Crippen MR) is 63.4 cm³/mol. The lowest BCUT2D eigenvalue weighted by atomic mass is 10.2. The fraction of sp³-hybridized carbons (Fsp3) is 0.167. The molecule has 1 aromatic rings. The van der Waals surface area contributed by atoms with Crippen molar-refractivity contribution in [3.05, 3.63) is 47.7 Å². The Morgan fingerprint density at radius 2 is 2.07 bits per heavy atom. The second-order valence-corrected chi connectivity index (χ2v) is 3.11. The van der Waals surface area contributed by atoms with Crippen molar-refractivity contribution in [3.8, 4) is 0 Å². The number of amidine groups is 1. The van der Waals surface area contributed by atoms with Crippen molar-refractivity contribution >= 4 is 12.6 Å². The van der Waals surface area contributed by atoms with E-state index in [1.807, 2.05) is 30.3 Å². The Labute approximate surface area is 89.5 Å². The van der Waals surface area contributed by atoms with E-state index in [0.717, 1.165) is 11.1 Å². The first-order chi connectivity index (χ1) is 7.27. The van der Waals surface area contributed by atoms with Crippen LogP contribution in [0.5, 0.6) is 0 Å². The van der Waals surface area contributed by atoms with E-state index in [4.69, 9.17) is 5.11 Å². The van der Waals surface area contributed by atoms with Gasteiger partial charge in [-0.25, -0.2) is 9.98 Å². The number of nitrogens with zero attached hydrogens (tertiary/aromatic N) is 2. The summed E-state index contributed by atoms with van der Waals surface area (Å²) in [5.74, 6) is 0.559. The standard InChI is InChI=1S/C12H14N2O/c1-10(9-15)8-14-12(13-2)11-6-4-3-5-7-11/h3-8,15H,2,9H2,1H3/b10-8+,14-12-. The Kier molecular flexibility index (Phi) is 4.44. The van der Waals surface area contributed by atoms with E-state index in [0.29, 0.717) is 5.84 Å². The van der Waals surface area contributed by atoms with Crippen LogP contribution in [-0.2, 0) is 0 Å². The summed E-state index contributed by atoms with van der Waals surface area (Å²) in [5, 5.41) is 8.81. The predicted octanol–water partition coefficient (Wildman–Crippen LogP) is 2.03. The minimum Gasteiger partial charge on any atom is -0.392 e. The molecular weight excluding hydrogens is 188 g/mol. The van der Waals surface area contributed by atoms with Gasteiger partial charge in [0, 0.05) is 11.8 Å². The molecule has 1 aromatic carbocycles. The molecule has 0 radical (unpaired) electrons. The highest BCUT2D eigenvalue weighted by Gasteiger charge is 1.97. The summed E-state index contributed by atoms with van der Waals surface area (Å²) in [6.07, 6.45) is 1.59. The number of hydrogen-bond donors (Lipinski definition) is 1. The van der Waals surface area contributed by atoms with E-state index in [1.54, 1.807) is 13.1 Å². The van der Waals surface area contributed by atoms with Crippen molar-refractivity contribution in [1.82, 2.24) is 0 Å². The molecule has 0 saturated heterocycles. The van der Waals surface area contributed by atoms with Gasteiger partial charge >= 0.3 is 0 Å². The van der Waals surface area contributed by atoms with Gasteiger partial charge in [-0.2, -0.15) is 0 Å². The molecule has 1 rings (SSSR count). The topological polar surface area (TPSA) is 45.0 Å². The number of benzene rings is 1. The molecule has 78 valence electrons. The maximum absolute atomic E-state index is 8.81. The molecule has 0 aromatic heterocycles. The Hall–Kier alpha value is -1.74. The molecule has 0 atom stereocenters. The fourth-order valence-electron chi connectivity index (χ4n) is 1.01. The quantitative estimate of drug-likeness (QED) is 0.591. The van der Waals surface area contributed by atoms with Gasteiger partial charge in [0.1, 0.15) is 0 Å². The van der Waals surface area contributed by atoms with E-state index >= 15 is 0 Å². The first-order valence-electron chi connectivity index (χ1n) is 4.64. The molecule has 0 aliphatic heterocycles. The highest BCUT2D eigenvalue weighted by molar-refractivity contribution is 6.01. The highest BCUT2D eigenvalue weighted by Crippen LogP contribution is 2.03. The summed E-state index contributed by atoms with van der Waals surface area (Å²) in [4.78, 5) is 7.99. The van der Waals surface area contributed by atoms with Crippen molar-refractivity contribution in [1.29, 1.82) is 0 Å². The molecule has 15 heavy (non-hydrogen) atoms. The largest absolute Gasteiger partial charge is 0.392 e. The molecule has 0 bridgehead atoms. The van der Waals surface area contributed by atoms with Crippen LogP contribution in [-0.4, -0.2) is 24.3 Å². The highest BCUT2D eigenvalue weighted by atomic mass is 16.3. The lowest BCUT2D eigenvalue weighted by molar-refractivity contribution is 0.331. The number of rotatable bonds is 3. The fourth-order valence-corrected chi connectivity index (χ4v) is 1.01. The average molecular weight is 202 g/mol. The monoisotopic (exact) mass is 202 g/mol. The average Bonchev–Trinajstić information content (AvgIpc) is 2.31. The van der Waals surface area contributed by atoms with Crippen molar-refractivity contribution < 1.29 is 5.11 Å². The Bertz CT molecular complexity index is 380. The zero-order valence-electron chi connectivity index (χ0n) is 8.72. The number of aliphatic hydroxyl groups excluding tert-OH is 1. The van der Waals surface area contributed by atoms with Gasteiger partial charge in [0.2, 0.25) is 0 Å². The summed E-state index contributed by atoms with van der Waals surface area (Å²) in [6.45, 7) is 5.27. The van der Waals surface area contributed by atoms with Gasteiger partial charge in [0.05, 0.1) is 6.61 Å². The van der Waals surface area contributed by atoms with Crippen molar-refractivity contribution in [3.63, 3.8) is 0 Å². The third kappa shape index (κ3) is 3.48. The number of hydrogen-bond acceptors (Lipinski definition) is 2. The first kappa shape index (κ1) is 11.3. The summed E-state index contributed by atoms with van der Waals surface area (Å²) in [5.41, 5.74) is 1.70. The molecule has 0 amide bonds.